The molecule has 0 spiro atoms. The standard InChI is InChI=1S/C23H19F2N3O2/c1-14-4-2-5-17(10-14)28-20(22-18(23(28)30)6-3-9-26-22)12-21(29)27-13-15-11-16(24)7-8-19(15)25/h2-11,20H,12-13H2,1H3,(H,27,29). The Kier molecular flexibility index (Phi) is 5.27. The summed E-state index contributed by atoms with van der Waals surface area (Å²) in [6.07, 6.45) is 1.53. The molecule has 2 aromatic carbocycles. The average molecular weight is 407 g/mol. The number of anilines is 1. The van der Waals surface area contributed by atoms with Gasteiger partial charge < -0.3 is 5.32 Å². The highest BCUT2D eigenvalue weighted by molar-refractivity contribution is 6.11. The number of benzene rings is 2. The molecule has 0 fully saturated rings. The Labute approximate surface area is 172 Å². The van der Waals surface area contributed by atoms with E-state index in [0.717, 1.165) is 23.8 Å². The number of fused-ring (bicyclic) bond motifs is 1. The number of aromatic nitrogens is 1. The van der Waals surface area contributed by atoms with Crippen molar-refractivity contribution in [3.05, 3.63) is 94.8 Å². The van der Waals surface area contributed by atoms with Crippen LogP contribution in [0.1, 0.15) is 39.6 Å². The largest absolute Gasteiger partial charge is 0.352 e. The van der Waals surface area contributed by atoms with E-state index < -0.39 is 23.6 Å². The molecule has 1 unspecified atom stereocenters. The first kappa shape index (κ1) is 19.7. The highest BCUT2D eigenvalue weighted by Crippen LogP contribution is 2.38. The molecule has 1 aliphatic rings. The molecule has 7 heteroatoms. The van der Waals surface area contributed by atoms with Crippen molar-refractivity contribution in [3.8, 4) is 0 Å². The molecule has 2 heterocycles. The SMILES string of the molecule is Cc1cccc(N2C(=O)c3cccnc3C2CC(=O)NCc2cc(F)ccc2F)c1. The predicted molar refractivity (Wildman–Crippen MR) is 108 cm³/mol. The first-order valence-corrected chi connectivity index (χ1v) is 9.50. The van der Waals surface area contributed by atoms with Gasteiger partial charge in [-0.15, -0.1) is 0 Å². The van der Waals surface area contributed by atoms with Gasteiger partial charge in [-0.25, -0.2) is 8.78 Å². The van der Waals surface area contributed by atoms with Gasteiger partial charge in [0, 0.05) is 24.0 Å². The van der Waals surface area contributed by atoms with Gasteiger partial charge in [-0.2, -0.15) is 0 Å². The molecular weight excluding hydrogens is 388 g/mol. The molecule has 1 atom stereocenters. The van der Waals surface area contributed by atoms with E-state index >= 15 is 0 Å². The van der Waals surface area contributed by atoms with E-state index in [2.05, 4.69) is 10.3 Å². The molecule has 2 amide bonds. The number of carbonyl (C=O) groups is 2. The Morgan fingerprint density at radius 1 is 1.13 bits per heavy atom. The molecule has 5 nitrogen and oxygen atoms in total. The second-order valence-corrected chi connectivity index (χ2v) is 7.18. The van der Waals surface area contributed by atoms with Gasteiger partial charge >= 0.3 is 0 Å². The van der Waals surface area contributed by atoms with E-state index in [1.54, 1.807) is 23.2 Å². The Morgan fingerprint density at radius 2 is 1.97 bits per heavy atom. The van der Waals surface area contributed by atoms with Crippen LogP contribution in [0.3, 0.4) is 0 Å². The summed E-state index contributed by atoms with van der Waals surface area (Å²) in [6.45, 7) is 1.77. The number of halogens is 2. The maximum absolute atomic E-state index is 13.8. The van der Waals surface area contributed by atoms with Gasteiger partial charge in [-0.1, -0.05) is 12.1 Å². The number of nitrogens with one attached hydrogen (secondary N) is 1. The van der Waals surface area contributed by atoms with Gasteiger partial charge in [-0.3, -0.25) is 19.5 Å². The van der Waals surface area contributed by atoms with Gasteiger partial charge in [-0.05, 0) is 55.0 Å². The summed E-state index contributed by atoms with van der Waals surface area (Å²) in [7, 11) is 0. The van der Waals surface area contributed by atoms with Crippen LogP contribution in [0.5, 0.6) is 0 Å². The van der Waals surface area contributed by atoms with Gasteiger partial charge in [0.25, 0.3) is 5.91 Å². The number of aryl methyl sites for hydroxylation is 1. The van der Waals surface area contributed by atoms with E-state index in [1.165, 1.54) is 0 Å². The summed E-state index contributed by atoms with van der Waals surface area (Å²) in [5.74, 6) is -1.79. The van der Waals surface area contributed by atoms with Crippen molar-refractivity contribution in [3.63, 3.8) is 0 Å². The van der Waals surface area contributed by atoms with Crippen molar-refractivity contribution >= 4 is 17.5 Å². The lowest BCUT2D eigenvalue weighted by molar-refractivity contribution is -0.121. The minimum Gasteiger partial charge on any atom is -0.352 e. The molecule has 0 radical (unpaired) electrons. The van der Waals surface area contributed by atoms with E-state index in [0.29, 0.717) is 16.9 Å². The number of amides is 2. The van der Waals surface area contributed by atoms with E-state index in [-0.39, 0.29) is 24.4 Å². The molecule has 1 aliphatic heterocycles. The summed E-state index contributed by atoms with van der Waals surface area (Å²) in [5, 5.41) is 2.61. The minimum atomic E-state index is -0.596. The topological polar surface area (TPSA) is 62.3 Å². The van der Waals surface area contributed by atoms with Crippen LogP contribution in [0.15, 0.2) is 60.8 Å². The van der Waals surface area contributed by atoms with Crippen molar-refractivity contribution in [1.82, 2.24) is 10.3 Å². The number of rotatable bonds is 5. The first-order valence-electron chi connectivity index (χ1n) is 9.50. The molecule has 1 aromatic heterocycles. The van der Waals surface area contributed by atoms with Crippen LogP contribution in [-0.4, -0.2) is 16.8 Å². The van der Waals surface area contributed by atoms with E-state index in [4.69, 9.17) is 0 Å². The quantitative estimate of drug-likeness (QED) is 0.693. The third-order valence-corrected chi connectivity index (χ3v) is 5.06. The van der Waals surface area contributed by atoms with Crippen LogP contribution in [0.25, 0.3) is 0 Å². The van der Waals surface area contributed by atoms with Gasteiger partial charge in [0.15, 0.2) is 0 Å². The smallest absolute Gasteiger partial charge is 0.260 e. The summed E-state index contributed by atoms with van der Waals surface area (Å²) in [6, 6.07) is 13.3. The van der Waals surface area contributed by atoms with Crippen LogP contribution in [0.4, 0.5) is 14.5 Å². The molecule has 0 saturated heterocycles. The lowest BCUT2D eigenvalue weighted by atomic mass is 10.1. The van der Waals surface area contributed by atoms with E-state index in [1.807, 2.05) is 31.2 Å². The normalized spacial score (nSPS) is 15.2. The van der Waals surface area contributed by atoms with Crippen LogP contribution >= 0.6 is 0 Å². The lowest BCUT2D eigenvalue weighted by Gasteiger charge is -2.25. The van der Waals surface area contributed by atoms with Crippen LogP contribution in [0.2, 0.25) is 0 Å². The third kappa shape index (κ3) is 3.78. The molecule has 0 bridgehead atoms. The molecule has 0 saturated carbocycles. The van der Waals surface area contributed by atoms with Gasteiger partial charge in [0.1, 0.15) is 11.6 Å². The molecule has 4 rings (SSSR count). The Bertz CT molecular complexity index is 1130. The van der Waals surface area contributed by atoms with Crippen LogP contribution in [-0.2, 0) is 11.3 Å². The summed E-state index contributed by atoms with van der Waals surface area (Å²) in [5.41, 5.74) is 2.69. The second-order valence-electron chi connectivity index (χ2n) is 7.18. The zero-order chi connectivity index (χ0) is 21.3. The highest BCUT2D eigenvalue weighted by atomic mass is 19.1. The third-order valence-electron chi connectivity index (χ3n) is 5.06. The Hall–Kier alpha value is -3.61. The van der Waals surface area contributed by atoms with Crippen molar-refractivity contribution in [1.29, 1.82) is 0 Å². The molecular formula is C23H19F2N3O2. The van der Waals surface area contributed by atoms with Crippen molar-refractivity contribution in [2.75, 3.05) is 4.90 Å². The molecule has 30 heavy (non-hydrogen) atoms. The van der Waals surface area contributed by atoms with Crippen LogP contribution < -0.4 is 10.2 Å². The first-order chi connectivity index (χ1) is 14.4. The minimum absolute atomic E-state index is 0.0549. The van der Waals surface area contributed by atoms with Gasteiger partial charge in [0.2, 0.25) is 5.91 Å². The maximum atomic E-state index is 13.8. The Balaban J connectivity index is 1.57. The number of nitrogens with zero attached hydrogens (tertiary/aromatic N) is 2. The lowest BCUT2D eigenvalue weighted by Crippen LogP contribution is -2.33. The average Bonchev–Trinajstić information content (AvgIpc) is 3.00. The number of carbonyl (C=O) groups excluding carboxylic acids is 2. The maximum Gasteiger partial charge on any atom is 0.260 e. The second kappa shape index (κ2) is 8.02. The summed E-state index contributed by atoms with van der Waals surface area (Å²) < 4.78 is 27.2. The fourth-order valence-corrected chi connectivity index (χ4v) is 3.64. The number of pyridine rings is 1. The molecule has 152 valence electrons. The number of hydrogen-bond donors (Lipinski definition) is 1. The fraction of sp³-hybridized carbons (Fsp3) is 0.174. The zero-order valence-corrected chi connectivity index (χ0v) is 16.2. The zero-order valence-electron chi connectivity index (χ0n) is 16.2. The summed E-state index contributed by atoms with van der Waals surface area (Å²) in [4.78, 5) is 31.6. The summed E-state index contributed by atoms with van der Waals surface area (Å²) >= 11 is 0. The van der Waals surface area contributed by atoms with Gasteiger partial charge in [0.05, 0.1) is 23.7 Å². The molecule has 3 aromatic rings. The van der Waals surface area contributed by atoms with E-state index in [9.17, 15) is 18.4 Å². The Morgan fingerprint density at radius 3 is 2.77 bits per heavy atom. The molecule has 0 aliphatic carbocycles. The molecule has 1 N–H and O–H groups in total. The number of hydrogen-bond acceptors (Lipinski definition) is 3. The van der Waals surface area contributed by atoms with Crippen LogP contribution in [0, 0.1) is 18.6 Å². The van der Waals surface area contributed by atoms with Crippen molar-refractivity contribution in [2.24, 2.45) is 0 Å². The monoisotopic (exact) mass is 407 g/mol. The highest BCUT2D eigenvalue weighted by Gasteiger charge is 2.39. The van der Waals surface area contributed by atoms with Crippen molar-refractivity contribution < 1.29 is 18.4 Å². The fourth-order valence-electron chi connectivity index (χ4n) is 3.64. The predicted octanol–water partition coefficient (Wildman–Crippen LogP) is 4.08. The van der Waals surface area contributed by atoms with Crippen molar-refractivity contribution in [2.45, 2.75) is 25.9 Å².